The fourth-order valence-electron chi connectivity index (χ4n) is 1.22. The average molecular weight is 211 g/mol. The van der Waals surface area contributed by atoms with Gasteiger partial charge in [-0.3, -0.25) is 10.1 Å². The monoisotopic (exact) mass is 211 g/mol. The number of nitrogens with zero attached hydrogens (tertiary/aromatic N) is 1. The number of methoxy groups -OCH3 is 1. The van der Waals surface area contributed by atoms with Crippen molar-refractivity contribution in [2.45, 2.75) is 19.1 Å². The van der Waals surface area contributed by atoms with Crippen LogP contribution in [0.1, 0.15) is 18.6 Å². The molecule has 0 spiro atoms. The fraction of sp³-hybridized carbons (Fsp3) is 0.400. The number of aliphatic hydroxyl groups is 1. The van der Waals surface area contributed by atoms with Crippen LogP contribution in [0.25, 0.3) is 0 Å². The Balaban J connectivity index is 2.90. The van der Waals surface area contributed by atoms with E-state index in [4.69, 9.17) is 4.74 Å². The molecule has 0 heterocycles. The smallest absolute Gasteiger partial charge is 0.239 e. The van der Waals surface area contributed by atoms with Crippen LogP contribution in [0.15, 0.2) is 24.3 Å². The molecular weight excluding hydrogens is 198 g/mol. The Morgan fingerprint density at radius 1 is 1.53 bits per heavy atom. The quantitative estimate of drug-likeness (QED) is 0.603. The zero-order valence-corrected chi connectivity index (χ0v) is 8.58. The second-order valence-electron chi connectivity index (χ2n) is 3.25. The van der Waals surface area contributed by atoms with Gasteiger partial charge >= 0.3 is 0 Å². The first-order valence-corrected chi connectivity index (χ1v) is 4.51. The molecule has 82 valence electrons. The van der Waals surface area contributed by atoms with Crippen LogP contribution >= 0.6 is 0 Å². The molecule has 0 amide bonds. The second kappa shape index (κ2) is 4.75. The minimum atomic E-state index is -1.12. The van der Waals surface area contributed by atoms with Crippen molar-refractivity contribution in [2.24, 2.45) is 0 Å². The van der Waals surface area contributed by atoms with Crippen molar-refractivity contribution in [3.63, 3.8) is 0 Å². The normalized spacial score (nSPS) is 14.3. The van der Waals surface area contributed by atoms with Crippen molar-refractivity contribution in [1.29, 1.82) is 0 Å². The van der Waals surface area contributed by atoms with Crippen molar-refractivity contribution in [3.05, 3.63) is 39.9 Å². The number of benzene rings is 1. The van der Waals surface area contributed by atoms with Gasteiger partial charge in [0, 0.05) is 11.8 Å². The van der Waals surface area contributed by atoms with Gasteiger partial charge in [0.1, 0.15) is 11.9 Å². The zero-order valence-electron chi connectivity index (χ0n) is 8.58. The Labute approximate surface area is 87.5 Å². The molecule has 1 aromatic rings. The summed E-state index contributed by atoms with van der Waals surface area (Å²) in [5.41, 5.74) is 0.485. The minimum Gasteiger partial charge on any atom is -0.497 e. The number of rotatable bonds is 4. The van der Waals surface area contributed by atoms with Crippen LogP contribution in [0.3, 0.4) is 0 Å². The lowest BCUT2D eigenvalue weighted by molar-refractivity contribution is -0.531. The highest BCUT2D eigenvalue weighted by molar-refractivity contribution is 5.30. The van der Waals surface area contributed by atoms with Gasteiger partial charge in [0.25, 0.3) is 0 Å². The summed E-state index contributed by atoms with van der Waals surface area (Å²) in [4.78, 5) is 9.97. The summed E-state index contributed by atoms with van der Waals surface area (Å²) in [6, 6.07) is 5.59. The predicted octanol–water partition coefficient (Wildman–Crippen LogP) is 1.39. The molecule has 15 heavy (non-hydrogen) atoms. The molecule has 0 saturated heterocycles. The van der Waals surface area contributed by atoms with Crippen molar-refractivity contribution < 1.29 is 14.8 Å². The topological polar surface area (TPSA) is 72.6 Å². The number of aliphatic hydroxyl groups excluding tert-OH is 1. The minimum absolute atomic E-state index is 0.485. The SMILES string of the molecule is COc1cccc([C@@H](O)[C@@H](C)[N+](=O)[O-])c1. The highest BCUT2D eigenvalue weighted by Crippen LogP contribution is 2.22. The average Bonchev–Trinajstić information content (AvgIpc) is 2.27. The maximum Gasteiger partial charge on any atom is 0.239 e. The number of hydrogen-bond donors (Lipinski definition) is 1. The van der Waals surface area contributed by atoms with Crippen LogP contribution < -0.4 is 4.74 Å². The number of nitro groups is 1. The van der Waals surface area contributed by atoms with Gasteiger partial charge in [-0.15, -0.1) is 0 Å². The van der Waals surface area contributed by atoms with Crippen LogP contribution in [-0.2, 0) is 0 Å². The maximum atomic E-state index is 10.5. The summed E-state index contributed by atoms with van der Waals surface area (Å²) in [6.45, 7) is 1.37. The van der Waals surface area contributed by atoms with E-state index in [1.54, 1.807) is 24.3 Å². The standard InChI is InChI=1S/C10H13NO4/c1-7(11(13)14)10(12)8-4-3-5-9(6-8)15-2/h3-7,10,12H,1-2H3/t7-,10+/m1/s1. The first kappa shape index (κ1) is 11.5. The highest BCUT2D eigenvalue weighted by atomic mass is 16.6. The van der Waals surface area contributed by atoms with Crippen LogP contribution in [0.2, 0.25) is 0 Å². The van der Waals surface area contributed by atoms with Gasteiger partial charge in [-0.2, -0.15) is 0 Å². The van der Waals surface area contributed by atoms with E-state index in [-0.39, 0.29) is 0 Å². The van der Waals surface area contributed by atoms with Gasteiger partial charge in [0.2, 0.25) is 6.04 Å². The fourth-order valence-corrected chi connectivity index (χ4v) is 1.22. The molecular formula is C10H13NO4. The Morgan fingerprint density at radius 3 is 2.73 bits per heavy atom. The lowest BCUT2D eigenvalue weighted by Gasteiger charge is -2.13. The summed E-state index contributed by atoms with van der Waals surface area (Å²) < 4.78 is 4.96. The number of hydrogen-bond acceptors (Lipinski definition) is 4. The van der Waals surface area contributed by atoms with E-state index < -0.39 is 17.1 Å². The van der Waals surface area contributed by atoms with Crippen LogP contribution in [0.4, 0.5) is 0 Å². The summed E-state index contributed by atoms with van der Waals surface area (Å²) in [6.07, 6.45) is -1.12. The Morgan fingerprint density at radius 2 is 2.20 bits per heavy atom. The molecule has 0 radical (unpaired) electrons. The van der Waals surface area contributed by atoms with E-state index in [0.29, 0.717) is 11.3 Å². The van der Waals surface area contributed by atoms with E-state index in [1.165, 1.54) is 14.0 Å². The molecule has 1 rings (SSSR count). The van der Waals surface area contributed by atoms with E-state index in [1.807, 2.05) is 0 Å². The molecule has 5 nitrogen and oxygen atoms in total. The van der Waals surface area contributed by atoms with E-state index >= 15 is 0 Å². The third-order valence-electron chi connectivity index (χ3n) is 2.22. The van der Waals surface area contributed by atoms with E-state index in [9.17, 15) is 15.2 Å². The summed E-state index contributed by atoms with van der Waals surface area (Å²) in [7, 11) is 1.50. The van der Waals surface area contributed by atoms with Gasteiger partial charge < -0.3 is 9.84 Å². The summed E-state index contributed by atoms with van der Waals surface area (Å²) in [5.74, 6) is 0.571. The van der Waals surface area contributed by atoms with E-state index in [2.05, 4.69) is 0 Å². The Kier molecular flexibility index (Phi) is 3.62. The molecule has 0 aromatic heterocycles. The van der Waals surface area contributed by atoms with Gasteiger partial charge in [-0.05, 0) is 17.7 Å². The lowest BCUT2D eigenvalue weighted by atomic mass is 10.0. The summed E-state index contributed by atoms with van der Waals surface area (Å²) >= 11 is 0. The molecule has 2 atom stereocenters. The third kappa shape index (κ3) is 2.66. The first-order chi connectivity index (χ1) is 7.06. The van der Waals surface area contributed by atoms with Crippen molar-refractivity contribution in [1.82, 2.24) is 0 Å². The zero-order chi connectivity index (χ0) is 11.4. The van der Waals surface area contributed by atoms with E-state index in [0.717, 1.165) is 0 Å². The molecule has 0 bridgehead atoms. The molecule has 0 aliphatic carbocycles. The molecule has 1 N–H and O–H groups in total. The predicted molar refractivity (Wildman–Crippen MR) is 54.4 cm³/mol. The molecule has 5 heteroatoms. The van der Waals surface area contributed by atoms with Crippen LogP contribution in [-0.4, -0.2) is 23.2 Å². The highest BCUT2D eigenvalue weighted by Gasteiger charge is 2.25. The van der Waals surface area contributed by atoms with Crippen LogP contribution in [0.5, 0.6) is 5.75 Å². The van der Waals surface area contributed by atoms with Crippen molar-refractivity contribution >= 4 is 0 Å². The molecule has 0 aliphatic rings. The molecule has 0 unspecified atom stereocenters. The second-order valence-corrected chi connectivity index (χ2v) is 3.25. The molecule has 0 saturated carbocycles. The molecule has 0 fully saturated rings. The lowest BCUT2D eigenvalue weighted by Crippen LogP contribution is -2.23. The van der Waals surface area contributed by atoms with Crippen LogP contribution in [0, 0.1) is 10.1 Å². The summed E-state index contributed by atoms with van der Waals surface area (Å²) in [5, 5.41) is 20.2. The largest absolute Gasteiger partial charge is 0.497 e. The Bertz CT molecular complexity index is 353. The first-order valence-electron chi connectivity index (χ1n) is 4.51. The van der Waals surface area contributed by atoms with Crippen molar-refractivity contribution in [2.75, 3.05) is 7.11 Å². The third-order valence-corrected chi connectivity index (χ3v) is 2.22. The van der Waals surface area contributed by atoms with Gasteiger partial charge in [0.15, 0.2) is 0 Å². The molecule has 1 aromatic carbocycles. The van der Waals surface area contributed by atoms with Gasteiger partial charge in [0.05, 0.1) is 7.11 Å². The van der Waals surface area contributed by atoms with Gasteiger partial charge in [-0.1, -0.05) is 12.1 Å². The Hall–Kier alpha value is -1.62. The molecule has 0 aliphatic heterocycles. The van der Waals surface area contributed by atoms with Crippen molar-refractivity contribution in [3.8, 4) is 5.75 Å². The maximum absolute atomic E-state index is 10.5. The number of ether oxygens (including phenoxy) is 1. The van der Waals surface area contributed by atoms with Gasteiger partial charge in [-0.25, -0.2) is 0 Å².